The molecule has 1 aromatic carbocycles. The first-order valence-corrected chi connectivity index (χ1v) is 9.03. The Labute approximate surface area is 144 Å². The van der Waals surface area contributed by atoms with Gasteiger partial charge in [-0.05, 0) is 37.3 Å². The summed E-state index contributed by atoms with van der Waals surface area (Å²) in [4.78, 5) is 13.9. The number of thioether (sulfide) groups is 1. The second-order valence-electron chi connectivity index (χ2n) is 4.51. The lowest BCUT2D eigenvalue weighted by Crippen LogP contribution is -1.99. The molecule has 2 heterocycles. The minimum absolute atomic E-state index is 0.0744. The summed E-state index contributed by atoms with van der Waals surface area (Å²) in [5.41, 5.74) is 0.842. The predicted octanol–water partition coefficient (Wildman–Crippen LogP) is 4.84. The van der Waals surface area contributed by atoms with E-state index in [0.717, 1.165) is 19.8 Å². The second kappa shape index (κ2) is 6.76. The van der Waals surface area contributed by atoms with Crippen molar-refractivity contribution in [3.8, 4) is 11.5 Å². The Morgan fingerprint density at radius 1 is 1.32 bits per heavy atom. The fourth-order valence-corrected chi connectivity index (χ4v) is 3.73. The van der Waals surface area contributed by atoms with Gasteiger partial charge in [0.25, 0.3) is 5.22 Å². The van der Waals surface area contributed by atoms with Gasteiger partial charge in [-0.1, -0.05) is 33.8 Å². The van der Waals surface area contributed by atoms with Crippen molar-refractivity contribution in [2.75, 3.05) is 5.75 Å². The van der Waals surface area contributed by atoms with E-state index in [2.05, 4.69) is 26.1 Å². The molecule has 0 aliphatic rings. The number of rotatable bonds is 5. The topological polar surface area (TPSA) is 56.0 Å². The fourth-order valence-electron chi connectivity index (χ4n) is 1.79. The van der Waals surface area contributed by atoms with Gasteiger partial charge in [-0.25, -0.2) is 0 Å². The highest BCUT2D eigenvalue weighted by Gasteiger charge is 2.13. The fraction of sp³-hybridized carbons (Fsp3) is 0.133. The summed E-state index contributed by atoms with van der Waals surface area (Å²) in [6.45, 7) is 1.98. The molecule has 0 amide bonds. The molecule has 3 rings (SSSR count). The number of carbonyl (C=O) groups excluding carboxylic acids is 1. The van der Waals surface area contributed by atoms with Crippen LogP contribution in [0.5, 0.6) is 0 Å². The van der Waals surface area contributed by atoms with Gasteiger partial charge in [0.05, 0.1) is 10.6 Å². The molecule has 3 aromatic rings. The number of nitrogens with zero attached hydrogens (tertiary/aromatic N) is 2. The molecule has 0 aliphatic carbocycles. The average molecular weight is 395 g/mol. The zero-order valence-corrected chi connectivity index (χ0v) is 14.8. The number of carbonyl (C=O) groups is 1. The number of halogens is 1. The van der Waals surface area contributed by atoms with Crippen LogP contribution in [0.4, 0.5) is 0 Å². The number of benzene rings is 1. The zero-order chi connectivity index (χ0) is 15.5. The molecule has 0 fully saturated rings. The van der Waals surface area contributed by atoms with Crippen molar-refractivity contribution < 1.29 is 9.21 Å². The van der Waals surface area contributed by atoms with E-state index in [1.54, 1.807) is 0 Å². The van der Waals surface area contributed by atoms with Crippen LogP contribution in [0.1, 0.15) is 14.5 Å². The van der Waals surface area contributed by atoms with E-state index < -0.39 is 0 Å². The highest BCUT2D eigenvalue weighted by Crippen LogP contribution is 2.26. The van der Waals surface area contributed by atoms with Crippen molar-refractivity contribution >= 4 is 44.8 Å². The van der Waals surface area contributed by atoms with Gasteiger partial charge in [-0.2, -0.15) is 0 Å². The molecule has 0 bridgehead atoms. The van der Waals surface area contributed by atoms with Crippen molar-refractivity contribution in [2.45, 2.75) is 12.1 Å². The highest BCUT2D eigenvalue weighted by molar-refractivity contribution is 9.10. The number of thiophene rings is 1. The third-order valence-electron chi connectivity index (χ3n) is 2.82. The van der Waals surface area contributed by atoms with E-state index in [1.807, 2.05) is 43.3 Å². The summed E-state index contributed by atoms with van der Waals surface area (Å²) >= 11 is 6.16. The molecule has 0 unspecified atom stereocenters. The molecule has 2 aromatic heterocycles. The summed E-state index contributed by atoms with van der Waals surface area (Å²) < 4.78 is 6.53. The zero-order valence-electron chi connectivity index (χ0n) is 11.6. The van der Waals surface area contributed by atoms with Gasteiger partial charge in [0.15, 0.2) is 5.78 Å². The molecule has 0 radical (unpaired) electrons. The maximum absolute atomic E-state index is 12.0. The predicted molar refractivity (Wildman–Crippen MR) is 91.5 cm³/mol. The van der Waals surface area contributed by atoms with Crippen molar-refractivity contribution in [1.29, 1.82) is 0 Å². The first-order chi connectivity index (χ1) is 10.6. The van der Waals surface area contributed by atoms with Crippen molar-refractivity contribution in [3.63, 3.8) is 0 Å². The molecule has 4 nitrogen and oxygen atoms in total. The normalized spacial score (nSPS) is 10.8. The van der Waals surface area contributed by atoms with Crippen LogP contribution in [0.25, 0.3) is 11.5 Å². The van der Waals surface area contributed by atoms with E-state index in [4.69, 9.17) is 4.42 Å². The summed E-state index contributed by atoms with van der Waals surface area (Å²) in [7, 11) is 0. The van der Waals surface area contributed by atoms with E-state index in [-0.39, 0.29) is 5.78 Å². The smallest absolute Gasteiger partial charge is 0.277 e. The minimum Gasteiger partial charge on any atom is -0.411 e. The molecule has 0 N–H and O–H groups in total. The summed E-state index contributed by atoms with van der Waals surface area (Å²) in [6, 6.07) is 11.4. The summed E-state index contributed by atoms with van der Waals surface area (Å²) in [5, 5.41) is 8.39. The Hall–Kier alpha value is -1.44. The molecule has 112 valence electrons. The second-order valence-corrected chi connectivity index (χ2v) is 7.64. The summed E-state index contributed by atoms with van der Waals surface area (Å²) in [5.74, 6) is 0.814. The van der Waals surface area contributed by atoms with Gasteiger partial charge in [0.2, 0.25) is 5.89 Å². The van der Waals surface area contributed by atoms with Crippen LogP contribution < -0.4 is 0 Å². The van der Waals surface area contributed by atoms with Gasteiger partial charge < -0.3 is 4.42 Å². The third kappa shape index (κ3) is 3.66. The van der Waals surface area contributed by atoms with Crippen LogP contribution in [0.2, 0.25) is 0 Å². The van der Waals surface area contributed by atoms with Crippen LogP contribution in [-0.2, 0) is 0 Å². The van der Waals surface area contributed by atoms with Gasteiger partial charge in [-0.3, -0.25) is 4.79 Å². The van der Waals surface area contributed by atoms with E-state index in [1.165, 1.54) is 23.1 Å². The quantitative estimate of drug-likeness (QED) is 0.457. The van der Waals surface area contributed by atoms with Gasteiger partial charge in [-0.15, -0.1) is 21.5 Å². The number of aromatic nitrogens is 2. The number of ketones is 1. The molecule has 7 heteroatoms. The largest absolute Gasteiger partial charge is 0.411 e. The van der Waals surface area contributed by atoms with Gasteiger partial charge in [0, 0.05) is 14.9 Å². The lowest BCUT2D eigenvalue weighted by molar-refractivity contribution is 0.102. The Morgan fingerprint density at radius 3 is 2.91 bits per heavy atom. The van der Waals surface area contributed by atoms with E-state index >= 15 is 0 Å². The standard InChI is InChI=1S/C15H11BrN2O2S2/c1-9-5-6-13(22-9)12(19)8-21-15-18-17-14(20-15)10-3-2-4-11(16)7-10/h2-7H,8H2,1H3. The lowest BCUT2D eigenvalue weighted by atomic mass is 10.2. The van der Waals surface area contributed by atoms with Crippen LogP contribution >= 0.6 is 39.0 Å². The molecular formula is C15H11BrN2O2S2. The Kier molecular flexibility index (Phi) is 4.75. The first kappa shape index (κ1) is 15.5. The number of aryl methyl sites for hydroxylation is 1. The molecule has 0 saturated carbocycles. The van der Waals surface area contributed by atoms with Crippen molar-refractivity contribution in [1.82, 2.24) is 10.2 Å². The van der Waals surface area contributed by atoms with Gasteiger partial charge >= 0.3 is 0 Å². The Balaban J connectivity index is 1.66. The van der Waals surface area contributed by atoms with Crippen LogP contribution in [-0.4, -0.2) is 21.7 Å². The van der Waals surface area contributed by atoms with Crippen LogP contribution in [0.3, 0.4) is 0 Å². The third-order valence-corrected chi connectivity index (χ3v) is 5.17. The molecule has 22 heavy (non-hydrogen) atoms. The first-order valence-electron chi connectivity index (χ1n) is 6.44. The monoisotopic (exact) mass is 394 g/mol. The van der Waals surface area contributed by atoms with Crippen LogP contribution in [0, 0.1) is 6.92 Å². The average Bonchev–Trinajstić information content (AvgIpc) is 3.14. The maximum Gasteiger partial charge on any atom is 0.277 e. The van der Waals surface area contributed by atoms with E-state index in [9.17, 15) is 4.79 Å². The molecule has 0 saturated heterocycles. The van der Waals surface area contributed by atoms with Gasteiger partial charge in [0.1, 0.15) is 0 Å². The Bertz CT molecular complexity index is 813. The van der Waals surface area contributed by atoms with Crippen molar-refractivity contribution in [2.24, 2.45) is 0 Å². The molecule has 0 aliphatic heterocycles. The van der Waals surface area contributed by atoms with Crippen LogP contribution in [0.15, 0.2) is 50.5 Å². The van der Waals surface area contributed by atoms with Crippen molar-refractivity contribution in [3.05, 3.63) is 50.6 Å². The maximum atomic E-state index is 12.0. The minimum atomic E-state index is 0.0744. The Morgan fingerprint density at radius 2 is 2.18 bits per heavy atom. The molecular weight excluding hydrogens is 384 g/mol. The molecule has 0 spiro atoms. The molecule has 0 atom stereocenters. The number of hydrogen-bond acceptors (Lipinski definition) is 6. The number of Topliss-reactive ketones (excluding diaryl/α,β-unsaturated/α-hetero) is 1. The number of hydrogen-bond donors (Lipinski definition) is 0. The highest BCUT2D eigenvalue weighted by atomic mass is 79.9. The lowest BCUT2D eigenvalue weighted by Gasteiger charge is -1.96. The SMILES string of the molecule is Cc1ccc(C(=O)CSc2nnc(-c3cccc(Br)c3)o2)s1. The van der Waals surface area contributed by atoms with E-state index in [0.29, 0.717) is 16.9 Å². The summed E-state index contributed by atoms with van der Waals surface area (Å²) in [6.07, 6.45) is 0.